The highest BCUT2D eigenvalue weighted by atomic mass is 16.5. The average Bonchev–Trinajstić information content (AvgIpc) is 2.76. The van der Waals surface area contributed by atoms with Gasteiger partial charge in [0.05, 0.1) is 5.69 Å². The average molecular weight is 209 g/mol. The lowest BCUT2D eigenvalue weighted by molar-refractivity contribution is 0.0845. The SMILES string of the molecule is NCCCc1cc(C2CCOCC2)n[nH]1. The van der Waals surface area contributed by atoms with Gasteiger partial charge in [0, 0.05) is 24.8 Å². The summed E-state index contributed by atoms with van der Waals surface area (Å²) >= 11 is 0. The van der Waals surface area contributed by atoms with Crippen LogP contribution in [0.15, 0.2) is 6.07 Å². The molecule has 0 aliphatic carbocycles. The molecular weight excluding hydrogens is 190 g/mol. The Hall–Kier alpha value is -0.870. The van der Waals surface area contributed by atoms with Crippen molar-refractivity contribution < 1.29 is 4.74 Å². The molecule has 0 unspecified atom stereocenters. The van der Waals surface area contributed by atoms with Crippen LogP contribution in [0.25, 0.3) is 0 Å². The third-order valence-corrected chi connectivity index (χ3v) is 2.94. The highest BCUT2D eigenvalue weighted by molar-refractivity contribution is 5.13. The quantitative estimate of drug-likeness (QED) is 0.783. The normalized spacial score (nSPS) is 18.2. The second kappa shape index (κ2) is 5.28. The molecule has 84 valence electrons. The van der Waals surface area contributed by atoms with Crippen molar-refractivity contribution in [3.8, 4) is 0 Å². The number of rotatable bonds is 4. The van der Waals surface area contributed by atoms with Crippen molar-refractivity contribution in [3.63, 3.8) is 0 Å². The summed E-state index contributed by atoms with van der Waals surface area (Å²) in [6.07, 6.45) is 4.23. The maximum Gasteiger partial charge on any atom is 0.0657 e. The minimum absolute atomic E-state index is 0.585. The van der Waals surface area contributed by atoms with Crippen molar-refractivity contribution in [1.29, 1.82) is 0 Å². The highest BCUT2D eigenvalue weighted by Gasteiger charge is 2.18. The first kappa shape index (κ1) is 10.6. The van der Waals surface area contributed by atoms with Crippen LogP contribution < -0.4 is 5.73 Å². The van der Waals surface area contributed by atoms with Gasteiger partial charge in [0.15, 0.2) is 0 Å². The fourth-order valence-corrected chi connectivity index (χ4v) is 2.00. The molecule has 15 heavy (non-hydrogen) atoms. The van der Waals surface area contributed by atoms with E-state index >= 15 is 0 Å². The van der Waals surface area contributed by atoms with Crippen LogP contribution in [-0.4, -0.2) is 30.0 Å². The van der Waals surface area contributed by atoms with Gasteiger partial charge >= 0.3 is 0 Å². The van der Waals surface area contributed by atoms with E-state index in [9.17, 15) is 0 Å². The second-order valence-corrected chi connectivity index (χ2v) is 4.10. The summed E-state index contributed by atoms with van der Waals surface area (Å²) in [6, 6.07) is 2.19. The Labute approximate surface area is 90.2 Å². The Morgan fingerprint density at radius 2 is 2.27 bits per heavy atom. The van der Waals surface area contributed by atoms with Gasteiger partial charge in [-0.1, -0.05) is 0 Å². The molecule has 0 saturated carbocycles. The monoisotopic (exact) mass is 209 g/mol. The molecule has 0 aromatic carbocycles. The fourth-order valence-electron chi connectivity index (χ4n) is 2.00. The largest absolute Gasteiger partial charge is 0.381 e. The molecular formula is C11H19N3O. The molecule has 0 amide bonds. The Morgan fingerprint density at radius 1 is 1.47 bits per heavy atom. The van der Waals surface area contributed by atoms with Crippen LogP contribution in [0.3, 0.4) is 0 Å². The topological polar surface area (TPSA) is 63.9 Å². The molecule has 1 aliphatic heterocycles. The first-order valence-electron chi connectivity index (χ1n) is 5.72. The van der Waals surface area contributed by atoms with E-state index in [2.05, 4.69) is 16.3 Å². The minimum Gasteiger partial charge on any atom is -0.381 e. The molecule has 4 heteroatoms. The van der Waals surface area contributed by atoms with Crippen LogP contribution in [-0.2, 0) is 11.2 Å². The van der Waals surface area contributed by atoms with Gasteiger partial charge in [-0.3, -0.25) is 5.10 Å². The van der Waals surface area contributed by atoms with E-state index in [1.807, 2.05) is 0 Å². The number of aryl methyl sites for hydroxylation is 1. The van der Waals surface area contributed by atoms with Crippen molar-refractivity contribution in [1.82, 2.24) is 10.2 Å². The van der Waals surface area contributed by atoms with Gasteiger partial charge in [-0.2, -0.15) is 5.10 Å². The van der Waals surface area contributed by atoms with E-state index in [0.717, 1.165) is 45.4 Å². The minimum atomic E-state index is 0.585. The molecule has 1 aromatic heterocycles. The van der Waals surface area contributed by atoms with Crippen LogP contribution in [0, 0.1) is 0 Å². The zero-order chi connectivity index (χ0) is 10.5. The molecule has 1 fully saturated rings. The number of hydrogen-bond acceptors (Lipinski definition) is 3. The molecule has 1 saturated heterocycles. The van der Waals surface area contributed by atoms with Crippen molar-refractivity contribution in [2.24, 2.45) is 5.73 Å². The summed E-state index contributed by atoms with van der Waals surface area (Å²) in [4.78, 5) is 0. The highest BCUT2D eigenvalue weighted by Crippen LogP contribution is 2.25. The lowest BCUT2D eigenvalue weighted by Gasteiger charge is -2.19. The maximum atomic E-state index is 5.48. The summed E-state index contributed by atoms with van der Waals surface area (Å²) in [7, 11) is 0. The first-order valence-corrected chi connectivity index (χ1v) is 5.72. The van der Waals surface area contributed by atoms with Gasteiger partial charge < -0.3 is 10.5 Å². The standard InChI is InChI=1S/C11H19N3O/c12-5-1-2-10-8-11(14-13-10)9-3-6-15-7-4-9/h8-9H,1-7,12H2,(H,13,14). The summed E-state index contributed by atoms with van der Waals surface area (Å²) in [5.74, 6) is 0.585. The molecule has 2 heterocycles. The van der Waals surface area contributed by atoms with E-state index in [-0.39, 0.29) is 0 Å². The van der Waals surface area contributed by atoms with Crippen molar-refractivity contribution in [3.05, 3.63) is 17.5 Å². The molecule has 1 aromatic rings. The zero-order valence-electron chi connectivity index (χ0n) is 9.04. The molecule has 0 spiro atoms. The van der Waals surface area contributed by atoms with E-state index in [0.29, 0.717) is 5.92 Å². The lowest BCUT2D eigenvalue weighted by atomic mass is 9.96. The predicted molar refractivity (Wildman–Crippen MR) is 58.8 cm³/mol. The van der Waals surface area contributed by atoms with E-state index in [1.165, 1.54) is 11.4 Å². The van der Waals surface area contributed by atoms with E-state index in [1.54, 1.807) is 0 Å². The van der Waals surface area contributed by atoms with Gasteiger partial charge in [-0.15, -0.1) is 0 Å². The Balaban J connectivity index is 1.93. The smallest absolute Gasteiger partial charge is 0.0657 e. The number of aromatic nitrogens is 2. The number of nitrogens with one attached hydrogen (secondary N) is 1. The van der Waals surface area contributed by atoms with Crippen LogP contribution in [0.1, 0.15) is 36.6 Å². The Kier molecular flexibility index (Phi) is 3.75. The number of H-pyrrole nitrogens is 1. The molecule has 0 bridgehead atoms. The molecule has 2 rings (SSSR count). The summed E-state index contributed by atoms with van der Waals surface area (Å²) in [5, 5.41) is 7.46. The number of ether oxygens (including phenoxy) is 1. The third kappa shape index (κ3) is 2.79. The van der Waals surface area contributed by atoms with Gasteiger partial charge in [0.2, 0.25) is 0 Å². The molecule has 0 atom stereocenters. The molecule has 0 radical (unpaired) electrons. The fraction of sp³-hybridized carbons (Fsp3) is 0.727. The lowest BCUT2D eigenvalue weighted by Crippen LogP contribution is -2.14. The van der Waals surface area contributed by atoms with Crippen LogP contribution in [0.2, 0.25) is 0 Å². The van der Waals surface area contributed by atoms with E-state index in [4.69, 9.17) is 10.5 Å². The van der Waals surface area contributed by atoms with Crippen LogP contribution in [0.4, 0.5) is 0 Å². The van der Waals surface area contributed by atoms with Crippen molar-refractivity contribution in [2.75, 3.05) is 19.8 Å². The summed E-state index contributed by atoms with van der Waals surface area (Å²) in [5.41, 5.74) is 7.88. The Bertz CT molecular complexity index is 292. The maximum absolute atomic E-state index is 5.48. The molecule has 4 nitrogen and oxygen atoms in total. The van der Waals surface area contributed by atoms with Gasteiger partial charge in [0.25, 0.3) is 0 Å². The Morgan fingerprint density at radius 3 is 3.00 bits per heavy atom. The number of hydrogen-bond donors (Lipinski definition) is 2. The molecule has 1 aliphatic rings. The summed E-state index contributed by atoms with van der Waals surface area (Å²) < 4.78 is 5.34. The van der Waals surface area contributed by atoms with Gasteiger partial charge in [-0.05, 0) is 38.3 Å². The number of nitrogens with zero attached hydrogens (tertiary/aromatic N) is 1. The van der Waals surface area contributed by atoms with Gasteiger partial charge in [-0.25, -0.2) is 0 Å². The number of aromatic amines is 1. The second-order valence-electron chi connectivity index (χ2n) is 4.10. The third-order valence-electron chi connectivity index (χ3n) is 2.94. The molecule has 3 N–H and O–H groups in total. The van der Waals surface area contributed by atoms with Crippen LogP contribution >= 0.6 is 0 Å². The zero-order valence-corrected chi connectivity index (χ0v) is 9.04. The van der Waals surface area contributed by atoms with Crippen molar-refractivity contribution in [2.45, 2.75) is 31.6 Å². The first-order chi connectivity index (χ1) is 7.40. The number of nitrogens with two attached hydrogens (primary N) is 1. The van der Waals surface area contributed by atoms with Crippen molar-refractivity contribution >= 4 is 0 Å². The predicted octanol–water partition coefficient (Wildman–Crippen LogP) is 1.19. The summed E-state index contributed by atoms with van der Waals surface area (Å²) in [6.45, 7) is 2.48. The van der Waals surface area contributed by atoms with Crippen LogP contribution in [0.5, 0.6) is 0 Å². The van der Waals surface area contributed by atoms with E-state index < -0.39 is 0 Å². The van der Waals surface area contributed by atoms with Gasteiger partial charge in [0.1, 0.15) is 0 Å².